The summed E-state index contributed by atoms with van der Waals surface area (Å²) in [5.74, 6) is 0.661. The quantitative estimate of drug-likeness (QED) is 0.806. The normalized spacial score (nSPS) is 25.9. The van der Waals surface area contributed by atoms with Gasteiger partial charge in [-0.3, -0.25) is 4.90 Å². The Labute approximate surface area is 140 Å². The Morgan fingerprint density at radius 3 is 2.62 bits per heavy atom. The Kier molecular flexibility index (Phi) is 3.26. The third kappa shape index (κ3) is 2.45. The number of H-pyrrole nitrogens is 1. The van der Waals surface area contributed by atoms with E-state index in [9.17, 15) is 0 Å². The fourth-order valence-corrected chi connectivity index (χ4v) is 3.94. The van der Waals surface area contributed by atoms with Crippen molar-refractivity contribution in [1.82, 2.24) is 19.9 Å². The van der Waals surface area contributed by atoms with Crippen molar-refractivity contribution < 1.29 is 4.74 Å². The molecule has 2 bridgehead atoms. The van der Waals surface area contributed by atoms with Gasteiger partial charge in [0.2, 0.25) is 0 Å². The number of piperidine rings is 3. The van der Waals surface area contributed by atoms with Crippen LogP contribution in [0, 0.1) is 5.92 Å². The molecule has 0 amide bonds. The zero-order valence-electron chi connectivity index (χ0n) is 13.5. The number of nitrogens with zero attached hydrogens (tertiary/aromatic N) is 3. The van der Waals surface area contributed by atoms with Crippen LogP contribution in [-0.2, 0) is 0 Å². The van der Waals surface area contributed by atoms with Crippen molar-refractivity contribution in [3.05, 3.63) is 42.9 Å². The molecule has 122 valence electrons. The molecule has 0 saturated carbocycles. The highest BCUT2D eigenvalue weighted by Gasteiger charge is 2.35. The number of rotatable bonds is 3. The summed E-state index contributed by atoms with van der Waals surface area (Å²) >= 11 is 0. The van der Waals surface area contributed by atoms with E-state index in [0.29, 0.717) is 11.9 Å². The first-order chi connectivity index (χ1) is 11.8. The van der Waals surface area contributed by atoms with Gasteiger partial charge >= 0.3 is 6.01 Å². The van der Waals surface area contributed by atoms with Crippen molar-refractivity contribution in [2.45, 2.75) is 18.9 Å². The van der Waals surface area contributed by atoms with E-state index in [1.165, 1.54) is 31.3 Å². The second-order valence-corrected chi connectivity index (χ2v) is 6.83. The molecule has 5 heteroatoms. The average Bonchev–Trinajstić information content (AvgIpc) is 3.11. The molecular weight excluding hydrogens is 300 g/mol. The van der Waals surface area contributed by atoms with Crippen molar-refractivity contribution in [3.63, 3.8) is 0 Å². The van der Waals surface area contributed by atoms with Gasteiger partial charge in [-0.25, -0.2) is 9.97 Å². The molecule has 1 atom stereocenters. The van der Waals surface area contributed by atoms with E-state index in [1.54, 1.807) is 0 Å². The van der Waals surface area contributed by atoms with Gasteiger partial charge in [-0.15, -0.1) is 0 Å². The van der Waals surface area contributed by atoms with Crippen LogP contribution in [0.5, 0.6) is 6.01 Å². The third-order valence-corrected chi connectivity index (χ3v) is 5.37. The predicted molar refractivity (Wildman–Crippen MR) is 92.9 cm³/mol. The van der Waals surface area contributed by atoms with E-state index in [2.05, 4.69) is 44.1 Å². The van der Waals surface area contributed by atoms with Crippen LogP contribution in [0.3, 0.4) is 0 Å². The minimum atomic E-state index is 0.245. The Morgan fingerprint density at radius 2 is 1.88 bits per heavy atom. The first-order valence-corrected chi connectivity index (χ1v) is 8.64. The van der Waals surface area contributed by atoms with Gasteiger partial charge in [0.05, 0.1) is 0 Å². The minimum Gasteiger partial charge on any atom is -0.458 e. The fourth-order valence-electron chi connectivity index (χ4n) is 3.94. The minimum absolute atomic E-state index is 0.245. The van der Waals surface area contributed by atoms with Gasteiger partial charge in [0.25, 0.3) is 0 Å². The van der Waals surface area contributed by atoms with Crippen LogP contribution in [-0.4, -0.2) is 45.6 Å². The van der Waals surface area contributed by atoms with Crippen LogP contribution in [0.15, 0.2) is 42.9 Å². The maximum Gasteiger partial charge on any atom is 0.316 e. The summed E-state index contributed by atoms with van der Waals surface area (Å²) in [4.78, 5) is 14.6. The highest BCUT2D eigenvalue weighted by atomic mass is 16.5. The largest absolute Gasteiger partial charge is 0.458 e. The lowest BCUT2D eigenvalue weighted by molar-refractivity contribution is -0.0123. The molecule has 24 heavy (non-hydrogen) atoms. The molecular formula is C19H20N4O. The molecule has 5 heterocycles. The van der Waals surface area contributed by atoms with Crippen molar-refractivity contribution in [3.8, 4) is 17.1 Å². The summed E-state index contributed by atoms with van der Waals surface area (Å²) in [6.07, 6.45) is 8.39. The number of fused-ring (bicyclic) bond motifs is 4. The summed E-state index contributed by atoms with van der Waals surface area (Å²) < 4.78 is 6.07. The van der Waals surface area contributed by atoms with Crippen LogP contribution in [0.25, 0.3) is 22.0 Å². The molecule has 0 unspecified atom stereocenters. The maximum absolute atomic E-state index is 6.07. The van der Waals surface area contributed by atoms with E-state index < -0.39 is 0 Å². The SMILES string of the molecule is c1cc2cc(-c3cnc(O[C@@H]4CN5CCC4CC5)nc3)ccc2[nH]1. The van der Waals surface area contributed by atoms with Gasteiger partial charge in [-0.1, -0.05) is 6.07 Å². The number of hydrogen-bond donors (Lipinski definition) is 1. The third-order valence-electron chi connectivity index (χ3n) is 5.37. The maximum atomic E-state index is 6.07. The van der Waals surface area contributed by atoms with Crippen LogP contribution >= 0.6 is 0 Å². The summed E-state index contributed by atoms with van der Waals surface area (Å²) in [5.41, 5.74) is 3.28. The van der Waals surface area contributed by atoms with Crippen molar-refractivity contribution in [2.24, 2.45) is 5.92 Å². The first-order valence-electron chi connectivity index (χ1n) is 8.64. The van der Waals surface area contributed by atoms with Crippen LogP contribution < -0.4 is 4.74 Å². The molecule has 0 spiro atoms. The number of nitrogens with one attached hydrogen (secondary N) is 1. The number of aromatic amines is 1. The molecule has 2 aromatic heterocycles. The van der Waals surface area contributed by atoms with Gasteiger partial charge in [0.1, 0.15) is 6.10 Å². The molecule has 3 fully saturated rings. The molecule has 3 saturated heterocycles. The second-order valence-electron chi connectivity index (χ2n) is 6.83. The van der Waals surface area contributed by atoms with Crippen molar-refractivity contribution in [1.29, 1.82) is 0 Å². The molecule has 1 aromatic carbocycles. The lowest BCUT2D eigenvalue weighted by Crippen LogP contribution is -2.52. The van der Waals surface area contributed by atoms with Gasteiger partial charge in [0, 0.05) is 36.2 Å². The average molecular weight is 320 g/mol. The molecule has 1 N–H and O–H groups in total. The number of ether oxygens (including phenoxy) is 1. The van der Waals surface area contributed by atoms with Gasteiger partial charge in [-0.2, -0.15) is 0 Å². The van der Waals surface area contributed by atoms with Crippen LogP contribution in [0.4, 0.5) is 0 Å². The number of hydrogen-bond acceptors (Lipinski definition) is 4. The number of benzene rings is 1. The standard InChI is InChI=1S/C19H20N4O/c1-2-17-15(3-6-20-17)9-14(1)16-10-21-19(22-11-16)24-18-12-23-7-4-13(18)5-8-23/h1-3,6,9-11,13,18,20H,4-5,7-8,12H2/t18-/m1/s1. The van der Waals surface area contributed by atoms with Crippen LogP contribution in [0.1, 0.15) is 12.8 Å². The van der Waals surface area contributed by atoms with E-state index in [0.717, 1.165) is 23.2 Å². The van der Waals surface area contributed by atoms with E-state index in [4.69, 9.17) is 4.74 Å². The molecule has 6 rings (SSSR count). The van der Waals surface area contributed by atoms with E-state index >= 15 is 0 Å². The van der Waals surface area contributed by atoms with E-state index in [1.807, 2.05) is 18.6 Å². The highest BCUT2D eigenvalue weighted by Crippen LogP contribution is 2.30. The summed E-state index contributed by atoms with van der Waals surface area (Å²) in [6.45, 7) is 3.44. The van der Waals surface area contributed by atoms with Crippen LogP contribution in [0.2, 0.25) is 0 Å². The first kappa shape index (κ1) is 14.0. The second kappa shape index (κ2) is 5.60. The predicted octanol–water partition coefficient (Wildman–Crippen LogP) is 3.10. The number of aromatic nitrogens is 3. The Bertz CT molecular complexity index is 849. The van der Waals surface area contributed by atoms with Crippen molar-refractivity contribution >= 4 is 10.9 Å². The topological polar surface area (TPSA) is 54.0 Å². The molecule has 5 nitrogen and oxygen atoms in total. The Morgan fingerprint density at radius 1 is 1.04 bits per heavy atom. The van der Waals surface area contributed by atoms with Crippen molar-refractivity contribution in [2.75, 3.05) is 19.6 Å². The monoisotopic (exact) mass is 320 g/mol. The lowest BCUT2D eigenvalue weighted by atomic mass is 9.86. The molecule has 0 radical (unpaired) electrons. The van der Waals surface area contributed by atoms with Gasteiger partial charge < -0.3 is 9.72 Å². The fraction of sp³-hybridized carbons (Fsp3) is 0.368. The Hall–Kier alpha value is -2.40. The molecule has 3 aliphatic heterocycles. The Balaban J connectivity index is 1.35. The summed E-state index contributed by atoms with van der Waals surface area (Å²) in [7, 11) is 0. The highest BCUT2D eigenvalue weighted by molar-refractivity contribution is 5.84. The molecule has 0 aliphatic carbocycles. The lowest BCUT2D eigenvalue weighted by Gasteiger charge is -2.43. The van der Waals surface area contributed by atoms with E-state index in [-0.39, 0.29) is 6.10 Å². The summed E-state index contributed by atoms with van der Waals surface area (Å²) in [6, 6.07) is 8.90. The smallest absolute Gasteiger partial charge is 0.316 e. The summed E-state index contributed by atoms with van der Waals surface area (Å²) in [5, 5.41) is 1.19. The zero-order chi connectivity index (χ0) is 15.9. The van der Waals surface area contributed by atoms with Gasteiger partial charge in [0.15, 0.2) is 0 Å². The van der Waals surface area contributed by atoms with Gasteiger partial charge in [-0.05, 0) is 61.0 Å². The zero-order valence-corrected chi connectivity index (χ0v) is 13.5. The molecule has 3 aliphatic rings. The molecule has 3 aromatic rings.